The molecule has 0 bridgehead atoms. The molecule has 0 radical (unpaired) electrons. The molecule has 33 heavy (non-hydrogen) atoms. The van der Waals surface area contributed by atoms with E-state index >= 15 is 0 Å². The highest BCUT2D eigenvalue weighted by Gasteiger charge is 2.15. The lowest BCUT2D eigenvalue weighted by Gasteiger charge is -2.13. The van der Waals surface area contributed by atoms with Crippen LogP contribution < -0.4 is 15.4 Å². The number of aryl methyl sites for hydroxylation is 2. The number of benzene rings is 4. The number of carbonyl (C=O) groups excluding carboxylic acids is 2. The van der Waals surface area contributed by atoms with Gasteiger partial charge in [-0.25, -0.2) is 0 Å². The van der Waals surface area contributed by atoms with E-state index in [1.165, 1.54) is 0 Å². The summed E-state index contributed by atoms with van der Waals surface area (Å²) >= 11 is 3.56. The molecule has 0 fully saturated rings. The Morgan fingerprint density at radius 2 is 1.61 bits per heavy atom. The van der Waals surface area contributed by atoms with Gasteiger partial charge in [-0.15, -0.1) is 0 Å². The SMILES string of the molecule is Cc1ccc(NC(=O)c2ccccc2NC(=O)COc2ccc3ccccc3c2Br)cc1C. The zero-order chi connectivity index (χ0) is 23.4. The largest absolute Gasteiger partial charge is 0.483 e. The lowest BCUT2D eigenvalue weighted by Crippen LogP contribution is -2.23. The van der Waals surface area contributed by atoms with E-state index in [2.05, 4.69) is 26.6 Å². The molecule has 6 heteroatoms. The van der Waals surface area contributed by atoms with Gasteiger partial charge in [0.2, 0.25) is 0 Å². The average Bonchev–Trinajstić information content (AvgIpc) is 2.81. The molecule has 4 aromatic carbocycles. The van der Waals surface area contributed by atoms with Gasteiger partial charge in [0, 0.05) is 5.69 Å². The van der Waals surface area contributed by atoms with Crippen molar-refractivity contribution in [3.05, 3.63) is 100 Å². The standard InChI is InChI=1S/C27H23BrN2O3/c1-17-11-13-20(15-18(17)2)29-27(32)22-9-5-6-10-23(22)30-25(31)16-33-24-14-12-19-7-3-4-8-21(19)26(24)28/h3-15H,16H2,1-2H3,(H,29,32)(H,30,31). The van der Waals surface area contributed by atoms with Crippen molar-refractivity contribution >= 4 is 49.9 Å². The van der Waals surface area contributed by atoms with Crippen LogP contribution in [-0.4, -0.2) is 18.4 Å². The van der Waals surface area contributed by atoms with E-state index in [-0.39, 0.29) is 18.4 Å². The van der Waals surface area contributed by atoms with Crippen molar-refractivity contribution in [2.45, 2.75) is 13.8 Å². The third kappa shape index (κ3) is 5.23. The van der Waals surface area contributed by atoms with Gasteiger partial charge in [-0.2, -0.15) is 0 Å². The quantitative estimate of drug-likeness (QED) is 0.316. The lowest BCUT2D eigenvalue weighted by atomic mass is 10.1. The van der Waals surface area contributed by atoms with Gasteiger partial charge in [0.25, 0.3) is 11.8 Å². The molecule has 0 aromatic heterocycles. The Balaban J connectivity index is 1.44. The van der Waals surface area contributed by atoms with Gasteiger partial charge < -0.3 is 15.4 Å². The minimum atomic E-state index is -0.360. The molecule has 0 saturated heterocycles. The zero-order valence-corrected chi connectivity index (χ0v) is 19.9. The number of amides is 2. The molecule has 166 valence electrons. The molecule has 0 spiro atoms. The normalized spacial score (nSPS) is 10.6. The van der Waals surface area contributed by atoms with Gasteiger partial charge in [-0.1, -0.05) is 48.5 Å². The van der Waals surface area contributed by atoms with Crippen molar-refractivity contribution in [3.8, 4) is 5.75 Å². The number of rotatable bonds is 6. The zero-order valence-electron chi connectivity index (χ0n) is 18.3. The molecular formula is C27H23BrN2O3. The van der Waals surface area contributed by atoms with E-state index in [0.717, 1.165) is 26.4 Å². The Hall–Kier alpha value is -3.64. The molecule has 2 N–H and O–H groups in total. The van der Waals surface area contributed by atoms with Crippen molar-refractivity contribution in [2.75, 3.05) is 17.2 Å². The van der Waals surface area contributed by atoms with Gasteiger partial charge in [0.05, 0.1) is 15.7 Å². The van der Waals surface area contributed by atoms with E-state index in [0.29, 0.717) is 22.7 Å². The maximum atomic E-state index is 12.9. The number of hydrogen-bond donors (Lipinski definition) is 2. The number of carbonyl (C=O) groups is 2. The minimum absolute atomic E-state index is 0.190. The Bertz CT molecular complexity index is 1350. The van der Waals surface area contributed by atoms with E-state index in [4.69, 9.17) is 4.74 Å². The third-order valence-corrected chi connectivity index (χ3v) is 6.22. The van der Waals surface area contributed by atoms with Crippen molar-refractivity contribution < 1.29 is 14.3 Å². The van der Waals surface area contributed by atoms with Gasteiger partial charge >= 0.3 is 0 Å². The number of para-hydroxylation sites is 1. The molecule has 0 aliphatic heterocycles. The summed E-state index contributed by atoms with van der Waals surface area (Å²) < 4.78 is 6.53. The molecule has 0 heterocycles. The molecule has 4 rings (SSSR count). The summed E-state index contributed by atoms with van der Waals surface area (Å²) in [5.41, 5.74) is 3.74. The Morgan fingerprint density at radius 1 is 0.848 bits per heavy atom. The highest BCUT2D eigenvalue weighted by Crippen LogP contribution is 2.33. The highest BCUT2D eigenvalue weighted by atomic mass is 79.9. The van der Waals surface area contributed by atoms with Gasteiger partial charge in [0.15, 0.2) is 6.61 Å². The topological polar surface area (TPSA) is 67.4 Å². The molecule has 2 amide bonds. The van der Waals surface area contributed by atoms with Crippen LogP contribution in [0, 0.1) is 13.8 Å². The van der Waals surface area contributed by atoms with Crippen LogP contribution in [0.4, 0.5) is 11.4 Å². The first-order valence-electron chi connectivity index (χ1n) is 10.5. The second kappa shape index (κ2) is 9.88. The maximum Gasteiger partial charge on any atom is 0.262 e. The van der Waals surface area contributed by atoms with Crippen molar-refractivity contribution in [1.29, 1.82) is 0 Å². The third-order valence-electron chi connectivity index (χ3n) is 5.40. The Morgan fingerprint density at radius 3 is 2.42 bits per heavy atom. The number of fused-ring (bicyclic) bond motifs is 1. The molecule has 0 saturated carbocycles. The van der Waals surface area contributed by atoms with Crippen molar-refractivity contribution in [2.24, 2.45) is 0 Å². The van der Waals surface area contributed by atoms with Crippen molar-refractivity contribution in [1.82, 2.24) is 0 Å². The second-order valence-corrected chi connectivity index (χ2v) is 8.53. The first-order chi connectivity index (χ1) is 15.9. The Kier molecular flexibility index (Phi) is 6.75. The fourth-order valence-corrected chi connectivity index (χ4v) is 4.07. The molecule has 0 unspecified atom stereocenters. The monoisotopic (exact) mass is 502 g/mol. The van der Waals surface area contributed by atoms with Crippen LogP contribution in [0.15, 0.2) is 83.3 Å². The fraction of sp³-hybridized carbons (Fsp3) is 0.111. The van der Waals surface area contributed by atoms with Crippen molar-refractivity contribution in [3.63, 3.8) is 0 Å². The number of nitrogens with one attached hydrogen (secondary N) is 2. The summed E-state index contributed by atoms with van der Waals surface area (Å²) in [5.74, 6) is -0.0848. The van der Waals surface area contributed by atoms with Crippen LogP contribution in [0.3, 0.4) is 0 Å². The summed E-state index contributed by atoms with van der Waals surface area (Å²) in [7, 11) is 0. The summed E-state index contributed by atoms with van der Waals surface area (Å²) in [5, 5.41) is 7.76. The van der Waals surface area contributed by atoms with E-state index in [9.17, 15) is 9.59 Å². The van der Waals surface area contributed by atoms with Crippen LogP contribution in [0.1, 0.15) is 21.5 Å². The van der Waals surface area contributed by atoms with E-state index in [1.54, 1.807) is 24.3 Å². The predicted octanol–water partition coefficient (Wildman–Crippen LogP) is 6.49. The van der Waals surface area contributed by atoms with Gasteiger partial charge in [-0.05, 0) is 82.0 Å². The number of anilines is 2. The van der Waals surface area contributed by atoms with Crippen LogP contribution in [0.2, 0.25) is 0 Å². The molecule has 0 aliphatic rings. The van der Waals surface area contributed by atoms with Crippen LogP contribution in [0.25, 0.3) is 10.8 Å². The van der Waals surface area contributed by atoms with Gasteiger partial charge in [-0.3, -0.25) is 9.59 Å². The highest BCUT2D eigenvalue weighted by molar-refractivity contribution is 9.10. The maximum absolute atomic E-state index is 12.9. The molecule has 0 aliphatic carbocycles. The smallest absolute Gasteiger partial charge is 0.262 e. The summed E-state index contributed by atoms with van der Waals surface area (Å²) in [6.45, 7) is 3.82. The van der Waals surface area contributed by atoms with Crippen LogP contribution in [0.5, 0.6) is 5.75 Å². The van der Waals surface area contributed by atoms with E-state index < -0.39 is 0 Å². The minimum Gasteiger partial charge on any atom is -0.483 e. The summed E-state index contributed by atoms with van der Waals surface area (Å²) in [6.07, 6.45) is 0. The Labute approximate surface area is 200 Å². The molecule has 5 nitrogen and oxygen atoms in total. The second-order valence-electron chi connectivity index (χ2n) is 7.73. The molecule has 0 atom stereocenters. The fourth-order valence-electron chi connectivity index (χ4n) is 3.46. The number of ether oxygens (including phenoxy) is 1. The van der Waals surface area contributed by atoms with Gasteiger partial charge in [0.1, 0.15) is 5.75 Å². The van der Waals surface area contributed by atoms with Crippen LogP contribution >= 0.6 is 15.9 Å². The number of halogens is 1. The average molecular weight is 503 g/mol. The first-order valence-corrected chi connectivity index (χ1v) is 11.3. The number of hydrogen-bond acceptors (Lipinski definition) is 3. The first kappa shape index (κ1) is 22.6. The lowest BCUT2D eigenvalue weighted by molar-refractivity contribution is -0.118. The molecule has 4 aromatic rings. The summed E-state index contributed by atoms with van der Waals surface area (Å²) in [4.78, 5) is 25.5. The van der Waals surface area contributed by atoms with Crippen LogP contribution in [-0.2, 0) is 4.79 Å². The predicted molar refractivity (Wildman–Crippen MR) is 136 cm³/mol. The van der Waals surface area contributed by atoms with E-state index in [1.807, 2.05) is 68.4 Å². The summed E-state index contributed by atoms with van der Waals surface area (Å²) in [6, 6.07) is 24.3. The molecular weight excluding hydrogens is 480 g/mol.